The first-order valence-corrected chi connectivity index (χ1v) is 5.15. The van der Waals surface area contributed by atoms with Gasteiger partial charge in [0.15, 0.2) is 0 Å². The molecule has 3 heteroatoms. The van der Waals surface area contributed by atoms with Gasteiger partial charge in [-0.05, 0) is 20.3 Å². The zero-order valence-electron chi connectivity index (χ0n) is 9.08. The number of likely N-dealkylation sites (tertiary alicyclic amines) is 1. The van der Waals surface area contributed by atoms with E-state index in [0.717, 1.165) is 19.5 Å². The zero-order valence-corrected chi connectivity index (χ0v) is 9.08. The highest BCUT2D eigenvalue weighted by Gasteiger charge is 2.38. The van der Waals surface area contributed by atoms with Crippen LogP contribution in [-0.2, 0) is 0 Å². The molecule has 0 aliphatic carbocycles. The van der Waals surface area contributed by atoms with Crippen LogP contribution in [0.4, 0.5) is 0 Å². The van der Waals surface area contributed by atoms with E-state index in [1.54, 1.807) is 6.08 Å². The molecule has 1 N–H and O–H groups in total. The normalized spacial score (nSPS) is 27.9. The van der Waals surface area contributed by atoms with E-state index in [0.29, 0.717) is 12.6 Å². The van der Waals surface area contributed by atoms with Crippen LogP contribution in [0, 0.1) is 11.3 Å². The summed E-state index contributed by atoms with van der Waals surface area (Å²) >= 11 is 0. The summed E-state index contributed by atoms with van der Waals surface area (Å²) in [6.45, 7) is 10.5. The van der Waals surface area contributed by atoms with E-state index in [1.165, 1.54) is 0 Å². The van der Waals surface area contributed by atoms with E-state index < -0.39 is 0 Å². The van der Waals surface area contributed by atoms with Gasteiger partial charge in [0.05, 0.1) is 6.07 Å². The molecule has 1 saturated heterocycles. The molecule has 1 heterocycles. The Kier molecular flexibility index (Phi) is 3.68. The predicted octanol–water partition coefficient (Wildman–Crippen LogP) is 1.14. The SMILES string of the molecule is C=CCNC1(C#N)CCN(C(C)C)C1. The Hall–Kier alpha value is -0.850. The van der Waals surface area contributed by atoms with E-state index in [2.05, 4.69) is 36.7 Å². The van der Waals surface area contributed by atoms with Crippen LogP contribution in [0.2, 0.25) is 0 Å². The first-order chi connectivity index (χ1) is 6.63. The summed E-state index contributed by atoms with van der Waals surface area (Å²) in [7, 11) is 0. The summed E-state index contributed by atoms with van der Waals surface area (Å²) in [6.07, 6.45) is 2.71. The minimum Gasteiger partial charge on any atom is -0.298 e. The molecular weight excluding hydrogens is 174 g/mol. The molecule has 0 spiro atoms. The maximum atomic E-state index is 9.17. The van der Waals surface area contributed by atoms with E-state index in [9.17, 15) is 0 Å². The van der Waals surface area contributed by atoms with Gasteiger partial charge in [-0.2, -0.15) is 5.26 Å². The molecule has 78 valence electrons. The van der Waals surface area contributed by atoms with Gasteiger partial charge in [-0.1, -0.05) is 6.08 Å². The average molecular weight is 193 g/mol. The van der Waals surface area contributed by atoms with Gasteiger partial charge in [0.1, 0.15) is 5.54 Å². The molecule has 0 aromatic carbocycles. The summed E-state index contributed by atoms with van der Waals surface area (Å²) in [4.78, 5) is 2.33. The Balaban J connectivity index is 2.57. The molecule has 1 fully saturated rings. The van der Waals surface area contributed by atoms with E-state index in [-0.39, 0.29) is 5.54 Å². The van der Waals surface area contributed by atoms with Gasteiger partial charge in [0, 0.05) is 25.7 Å². The Morgan fingerprint density at radius 3 is 2.86 bits per heavy atom. The third kappa shape index (κ3) is 2.34. The van der Waals surface area contributed by atoms with Crippen LogP contribution in [0.5, 0.6) is 0 Å². The van der Waals surface area contributed by atoms with Gasteiger partial charge in [0.2, 0.25) is 0 Å². The lowest BCUT2D eigenvalue weighted by atomic mass is 10.0. The molecule has 1 rings (SSSR count). The predicted molar refractivity (Wildman–Crippen MR) is 57.9 cm³/mol. The minimum absolute atomic E-state index is 0.349. The first-order valence-electron chi connectivity index (χ1n) is 5.15. The molecular formula is C11H19N3. The Morgan fingerprint density at radius 1 is 1.71 bits per heavy atom. The van der Waals surface area contributed by atoms with Crippen molar-refractivity contribution in [3.8, 4) is 6.07 Å². The third-order valence-electron chi connectivity index (χ3n) is 2.83. The second kappa shape index (κ2) is 4.59. The standard InChI is InChI=1S/C11H19N3/c1-4-6-13-11(8-12)5-7-14(9-11)10(2)3/h4,10,13H,1,5-7,9H2,2-3H3. The fraction of sp³-hybridized carbons (Fsp3) is 0.727. The van der Waals surface area contributed by atoms with Gasteiger partial charge in [0.25, 0.3) is 0 Å². The summed E-state index contributed by atoms with van der Waals surface area (Å²) in [5.41, 5.74) is -0.349. The number of rotatable bonds is 4. The molecule has 1 unspecified atom stereocenters. The number of nitrogens with one attached hydrogen (secondary N) is 1. The van der Waals surface area contributed by atoms with Crippen molar-refractivity contribution in [3.05, 3.63) is 12.7 Å². The molecule has 0 aromatic heterocycles. The molecule has 0 saturated carbocycles. The van der Waals surface area contributed by atoms with E-state index in [4.69, 9.17) is 5.26 Å². The lowest BCUT2D eigenvalue weighted by Crippen LogP contribution is -2.47. The number of nitriles is 1. The van der Waals surface area contributed by atoms with Crippen LogP contribution in [-0.4, -0.2) is 36.1 Å². The highest BCUT2D eigenvalue weighted by molar-refractivity contribution is 5.13. The van der Waals surface area contributed by atoms with E-state index in [1.807, 2.05) is 0 Å². The highest BCUT2D eigenvalue weighted by Crippen LogP contribution is 2.22. The maximum Gasteiger partial charge on any atom is 0.121 e. The molecule has 0 aromatic rings. The van der Waals surface area contributed by atoms with Crippen LogP contribution in [0.1, 0.15) is 20.3 Å². The lowest BCUT2D eigenvalue weighted by Gasteiger charge is -2.24. The van der Waals surface area contributed by atoms with Crippen molar-refractivity contribution >= 4 is 0 Å². The largest absolute Gasteiger partial charge is 0.298 e. The molecule has 1 atom stereocenters. The summed E-state index contributed by atoms with van der Waals surface area (Å²) in [5, 5.41) is 12.4. The van der Waals surface area contributed by atoms with Crippen molar-refractivity contribution in [3.63, 3.8) is 0 Å². The highest BCUT2D eigenvalue weighted by atomic mass is 15.2. The molecule has 3 nitrogen and oxygen atoms in total. The second-order valence-corrected chi connectivity index (χ2v) is 4.18. The summed E-state index contributed by atoms with van der Waals surface area (Å²) in [5.74, 6) is 0. The third-order valence-corrected chi connectivity index (χ3v) is 2.83. The van der Waals surface area contributed by atoms with Gasteiger partial charge >= 0.3 is 0 Å². The second-order valence-electron chi connectivity index (χ2n) is 4.18. The smallest absolute Gasteiger partial charge is 0.121 e. The van der Waals surface area contributed by atoms with Gasteiger partial charge < -0.3 is 0 Å². The molecule has 14 heavy (non-hydrogen) atoms. The summed E-state index contributed by atoms with van der Waals surface area (Å²) in [6, 6.07) is 2.92. The molecule has 0 bridgehead atoms. The molecule has 1 aliphatic heterocycles. The van der Waals surface area contributed by atoms with Crippen molar-refractivity contribution in [1.82, 2.24) is 10.2 Å². The quantitative estimate of drug-likeness (QED) is 0.680. The monoisotopic (exact) mass is 193 g/mol. The summed E-state index contributed by atoms with van der Waals surface area (Å²) < 4.78 is 0. The van der Waals surface area contributed by atoms with Gasteiger partial charge in [-0.15, -0.1) is 6.58 Å². The first kappa shape index (κ1) is 11.2. The van der Waals surface area contributed by atoms with E-state index >= 15 is 0 Å². The van der Waals surface area contributed by atoms with Crippen molar-refractivity contribution < 1.29 is 0 Å². The molecule has 0 radical (unpaired) electrons. The number of hydrogen-bond acceptors (Lipinski definition) is 3. The van der Waals surface area contributed by atoms with Gasteiger partial charge in [-0.3, -0.25) is 10.2 Å². The van der Waals surface area contributed by atoms with Gasteiger partial charge in [-0.25, -0.2) is 0 Å². The Labute approximate surface area is 86.4 Å². The fourth-order valence-corrected chi connectivity index (χ4v) is 1.82. The zero-order chi connectivity index (χ0) is 10.6. The molecule has 1 aliphatic rings. The maximum absolute atomic E-state index is 9.17. The van der Waals surface area contributed by atoms with Crippen LogP contribution in [0.15, 0.2) is 12.7 Å². The van der Waals surface area contributed by atoms with Crippen LogP contribution in [0.3, 0.4) is 0 Å². The Morgan fingerprint density at radius 2 is 2.43 bits per heavy atom. The van der Waals surface area contributed by atoms with Crippen LogP contribution in [0.25, 0.3) is 0 Å². The van der Waals surface area contributed by atoms with Crippen molar-refractivity contribution in [2.24, 2.45) is 0 Å². The van der Waals surface area contributed by atoms with Crippen LogP contribution >= 0.6 is 0 Å². The van der Waals surface area contributed by atoms with Crippen molar-refractivity contribution in [2.45, 2.75) is 31.8 Å². The Bertz CT molecular complexity index is 241. The van der Waals surface area contributed by atoms with Crippen molar-refractivity contribution in [1.29, 1.82) is 5.26 Å². The fourth-order valence-electron chi connectivity index (χ4n) is 1.82. The topological polar surface area (TPSA) is 39.1 Å². The minimum atomic E-state index is -0.349. The molecule has 0 amide bonds. The van der Waals surface area contributed by atoms with Crippen molar-refractivity contribution in [2.75, 3.05) is 19.6 Å². The van der Waals surface area contributed by atoms with Crippen LogP contribution < -0.4 is 5.32 Å². The number of nitrogens with zero attached hydrogens (tertiary/aromatic N) is 2. The number of hydrogen-bond donors (Lipinski definition) is 1. The lowest BCUT2D eigenvalue weighted by molar-refractivity contribution is 0.259. The average Bonchev–Trinajstić information content (AvgIpc) is 2.60.